The highest BCUT2D eigenvalue weighted by Gasteiger charge is 2.60. The van der Waals surface area contributed by atoms with Crippen molar-refractivity contribution in [3.05, 3.63) is 35.9 Å². The molecule has 5 nitrogen and oxygen atoms in total. The van der Waals surface area contributed by atoms with E-state index in [1.165, 1.54) is 24.2 Å². The Kier molecular flexibility index (Phi) is 3.12. The average Bonchev–Trinajstić information content (AvgIpc) is 2.78. The first-order chi connectivity index (χ1) is 12.1. The number of nitrogens with zero attached hydrogens (tertiary/aromatic N) is 2. The number of urea groups is 1. The lowest BCUT2D eigenvalue weighted by Crippen LogP contribution is -2.61. The Labute approximate surface area is 147 Å². The van der Waals surface area contributed by atoms with E-state index in [1.807, 2.05) is 30.3 Å². The monoisotopic (exact) mass is 338 g/mol. The highest BCUT2D eigenvalue weighted by molar-refractivity contribution is 6.44. The predicted molar refractivity (Wildman–Crippen MR) is 90.1 cm³/mol. The van der Waals surface area contributed by atoms with Gasteiger partial charge in [-0.1, -0.05) is 30.3 Å². The van der Waals surface area contributed by atoms with Crippen LogP contribution in [0, 0.1) is 17.8 Å². The van der Waals surface area contributed by atoms with Crippen molar-refractivity contribution in [2.45, 2.75) is 50.6 Å². The molecule has 0 aromatic heterocycles. The maximum Gasteiger partial charge on any atom is 0.335 e. The van der Waals surface area contributed by atoms with Crippen molar-refractivity contribution in [1.29, 1.82) is 0 Å². The van der Waals surface area contributed by atoms with Crippen LogP contribution in [0.5, 0.6) is 0 Å². The normalized spacial score (nSPS) is 36.6. The number of imide groups is 2. The van der Waals surface area contributed by atoms with Gasteiger partial charge in [-0.2, -0.15) is 0 Å². The van der Waals surface area contributed by atoms with Gasteiger partial charge in [0.1, 0.15) is 0 Å². The van der Waals surface area contributed by atoms with Crippen LogP contribution in [0.2, 0.25) is 0 Å². The standard InChI is InChI=1S/C20H22N2O3/c23-17-18(24)22(19(25)21(17)12-13-4-2-1-3-5-13)20-9-14-6-15(10-20)8-16(7-14)11-20/h1-5,14-16H,6-12H2. The summed E-state index contributed by atoms with van der Waals surface area (Å²) < 4.78 is 0. The second kappa shape index (κ2) is 5.16. The summed E-state index contributed by atoms with van der Waals surface area (Å²) in [5.41, 5.74) is 0.466. The van der Waals surface area contributed by atoms with Gasteiger partial charge in [-0.25, -0.2) is 9.69 Å². The zero-order chi connectivity index (χ0) is 17.2. The molecule has 4 aliphatic carbocycles. The highest BCUT2D eigenvalue weighted by Crippen LogP contribution is 2.58. The minimum Gasteiger partial charge on any atom is -0.263 e. The maximum absolute atomic E-state index is 13.1. The van der Waals surface area contributed by atoms with E-state index in [9.17, 15) is 14.4 Å². The van der Waals surface area contributed by atoms with Gasteiger partial charge in [0, 0.05) is 0 Å². The van der Waals surface area contributed by atoms with E-state index in [2.05, 4.69) is 0 Å². The third kappa shape index (κ3) is 2.17. The van der Waals surface area contributed by atoms with Crippen LogP contribution in [-0.2, 0) is 16.1 Å². The first kappa shape index (κ1) is 15.1. The van der Waals surface area contributed by atoms with E-state index in [4.69, 9.17) is 0 Å². The van der Waals surface area contributed by atoms with Gasteiger partial charge in [0.15, 0.2) is 0 Å². The van der Waals surface area contributed by atoms with Crippen molar-refractivity contribution in [3.8, 4) is 0 Å². The van der Waals surface area contributed by atoms with Gasteiger partial charge in [0.05, 0.1) is 12.1 Å². The van der Waals surface area contributed by atoms with Crippen molar-refractivity contribution in [1.82, 2.24) is 9.80 Å². The topological polar surface area (TPSA) is 57.7 Å². The quantitative estimate of drug-likeness (QED) is 0.629. The van der Waals surface area contributed by atoms with E-state index < -0.39 is 23.4 Å². The molecule has 0 spiro atoms. The molecule has 5 aliphatic rings. The summed E-state index contributed by atoms with van der Waals surface area (Å²) >= 11 is 0. The first-order valence-corrected chi connectivity index (χ1v) is 9.30. The molecule has 4 amide bonds. The zero-order valence-corrected chi connectivity index (χ0v) is 14.2. The Balaban J connectivity index is 1.45. The number of carbonyl (C=O) groups is 3. The molecule has 5 heteroatoms. The van der Waals surface area contributed by atoms with E-state index in [-0.39, 0.29) is 6.54 Å². The molecule has 25 heavy (non-hydrogen) atoms. The number of carbonyl (C=O) groups excluding carboxylic acids is 3. The Morgan fingerprint density at radius 1 is 0.840 bits per heavy atom. The minimum absolute atomic E-state index is 0.174. The Morgan fingerprint density at radius 3 is 1.96 bits per heavy atom. The van der Waals surface area contributed by atoms with Gasteiger partial charge in [-0.3, -0.25) is 14.5 Å². The van der Waals surface area contributed by atoms with Gasteiger partial charge in [0.25, 0.3) is 0 Å². The molecule has 1 heterocycles. The molecule has 4 saturated carbocycles. The fourth-order valence-electron chi connectivity index (χ4n) is 6.17. The largest absolute Gasteiger partial charge is 0.335 e. The first-order valence-electron chi connectivity index (χ1n) is 9.30. The Hall–Kier alpha value is -2.17. The summed E-state index contributed by atoms with van der Waals surface area (Å²) in [4.78, 5) is 40.8. The third-order valence-corrected chi connectivity index (χ3v) is 6.72. The van der Waals surface area contributed by atoms with Crippen molar-refractivity contribution in [2.24, 2.45) is 17.8 Å². The predicted octanol–water partition coefficient (Wildman–Crippen LogP) is 2.95. The molecular weight excluding hydrogens is 316 g/mol. The lowest BCUT2D eigenvalue weighted by atomic mass is 9.52. The molecule has 1 saturated heterocycles. The molecular formula is C20H22N2O3. The second-order valence-corrected chi connectivity index (χ2v) is 8.44. The zero-order valence-electron chi connectivity index (χ0n) is 14.2. The summed E-state index contributed by atoms with van der Waals surface area (Å²) in [6, 6.07) is 8.99. The Bertz CT molecular complexity index is 722. The van der Waals surface area contributed by atoms with Crippen molar-refractivity contribution < 1.29 is 14.4 Å². The molecule has 1 aliphatic heterocycles. The molecule has 0 atom stereocenters. The number of hydrogen-bond acceptors (Lipinski definition) is 3. The van der Waals surface area contributed by atoms with Crippen LogP contribution in [0.15, 0.2) is 30.3 Å². The molecule has 0 radical (unpaired) electrons. The molecule has 1 aromatic rings. The molecule has 0 N–H and O–H groups in total. The van der Waals surface area contributed by atoms with Crippen LogP contribution in [0.1, 0.15) is 44.1 Å². The number of benzene rings is 1. The van der Waals surface area contributed by atoms with Crippen LogP contribution in [0.25, 0.3) is 0 Å². The van der Waals surface area contributed by atoms with Crippen molar-refractivity contribution in [2.75, 3.05) is 0 Å². The molecule has 1 aromatic carbocycles. The number of amides is 4. The van der Waals surface area contributed by atoms with Gasteiger partial charge >= 0.3 is 17.8 Å². The van der Waals surface area contributed by atoms with Crippen LogP contribution in [0.3, 0.4) is 0 Å². The lowest BCUT2D eigenvalue weighted by molar-refractivity contribution is -0.150. The van der Waals surface area contributed by atoms with Crippen LogP contribution < -0.4 is 0 Å². The van der Waals surface area contributed by atoms with Gasteiger partial charge < -0.3 is 0 Å². The van der Waals surface area contributed by atoms with Crippen LogP contribution in [-0.4, -0.2) is 33.2 Å². The summed E-state index contributed by atoms with van der Waals surface area (Å²) in [5.74, 6) is 0.577. The maximum atomic E-state index is 13.1. The highest BCUT2D eigenvalue weighted by atomic mass is 16.2. The van der Waals surface area contributed by atoms with Crippen LogP contribution in [0.4, 0.5) is 4.79 Å². The molecule has 0 unspecified atom stereocenters. The van der Waals surface area contributed by atoms with Gasteiger partial charge in [-0.15, -0.1) is 0 Å². The fraction of sp³-hybridized carbons (Fsp3) is 0.550. The smallest absolute Gasteiger partial charge is 0.263 e. The van der Waals surface area contributed by atoms with E-state index in [0.717, 1.165) is 29.7 Å². The summed E-state index contributed by atoms with van der Waals surface area (Å²) in [7, 11) is 0. The van der Waals surface area contributed by atoms with E-state index in [1.54, 1.807) is 0 Å². The van der Waals surface area contributed by atoms with Gasteiger partial charge in [-0.05, 0) is 61.8 Å². The summed E-state index contributed by atoms with van der Waals surface area (Å²) in [6.07, 6.45) is 6.38. The lowest BCUT2D eigenvalue weighted by Gasteiger charge is -2.58. The molecule has 130 valence electrons. The molecule has 4 bridgehead atoms. The fourth-order valence-corrected chi connectivity index (χ4v) is 6.17. The SMILES string of the molecule is O=C1C(=O)N(C23CC4CC(CC(C4)C2)C3)C(=O)N1Cc1ccccc1. The number of hydrogen-bond donors (Lipinski definition) is 0. The average molecular weight is 338 g/mol. The minimum atomic E-state index is -0.662. The third-order valence-electron chi connectivity index (χ3n) is 6.72. The number of rotatable bonds is 3. The summed E-state index contributed by atoms with van der Waals surface area (Å²) in [5, 5.41) is 0. The van der Waals surface area contributed by atoms with Crippen LogP contribution >= 0.6 is 0 Å². The van der Waals surface area contributed by atoms with Crippen molar-refractivity contribution in [3.63, 3.8) is 0 Å². The van der Waals surface area contributed by atoms with E-state index in [0.29, 0.717) is 17.8 Å². The van der Waals surface area contributed by atoms with Crippen molar-refractivity contribution >= 4 is 17.8 Å². The molecule has 5 fully saturated rings. The summed E-state index contributed by atoms with van der Waals surface area (Å²) in [6.45, 7) is 0.174. The second-order valence-electron chi connectivity index (χ2n) is 8.44. The van der Waals surface area contributed by atoms with E-state index >= 15 is 0 Å². The Morgan fingerprint density at radius 2 is 1.40 bits per heavy atom. The molecule has 6 rings (SSSR count). The van der Waals surface area contributed by atoms with Gasteiger partial charge in [0.2, 0.25) is 0 Å².